The number of nitrogens with one attached hydrogen (secondary N) is 1. The molecule has 1 aromatic carbocycles. The number of fused-ring (bicyclic) bond motifs is 1. The van der Waals surface area contributed by atoms with E-state index in [2.05, 4.69) is 25.1 Å². The zero-order valence-corrected chi connectivity index (χ0v) is 18.7. The summed E-state index contributed by atoms with van der Waals surface area (Å²) in [6.45, 7) is 4.03. The van der Waals surface area contributed by atoms with Crippen LogP contribution in [0.1, 0.15) is 5.56 Å². The van der Waals surface area contributed by atoms with Crippen molar-refractivity contribution in [3.8, 4) is 5.88 Å². The van der Waals surface area contributed by atoms with Crippen LogP contribution in [0.15, 0.2) is 54.7 Å². The highest BCUT2D eigenvalue weighted by Crippen LogP contribution is 2.26. The number of carbonyl (C=O) groups is 1. The smallest absolute Gasteiger partial charge is 0.407 e. The number of hydrogen-bond donors (Lipinski definition) is 2. The van der Waals surface area contributed by atoms with Gasteiger partial charge < -0.3 is 24.8 Å². The zero-order valence-electron chi connectivity index (χ0n) is 18.7. The monoisotopic (exact) mass is 451 g/mol. The first-order valence-corrected chi connectivity index (χ1v) is 11.0. The number of carbonyl (C=O) groups excluding carboxylic acids is 1. The normalized spacial score (nSPS) is 15.3. The van der Waals surface area contributed by atoms with Crippen molar-refractivity contribution >= 4 is 22.8 Å². The number of methoxy groups -OCH3 is 1. The third kappa shape index (κ3) is 6.09. The number of pyridine rings is 2. The Balaban J connectivity index is 1.22. The summed E-state index contributed by atoms with van der Waals surface area (Å²) in [6.07, 6.45) is 0.591. The molecule has 33 heavy (non-hydrogen) atoms. The number of aliphatic hydroxyl groups is 1. The predicted octanol–water partition coefficient (Wildman–Crippen LogP) is 2.05. The fraction of sp³-hybridized carbons (Fsp3) is 0.375. The molecular weight excluding hydrogens is 422 g/mol. The van der Waals surface area contributed by atoms with Gasteiger partial charge in [-0.1, -0.05) is 30.3 Å². The molecule has 9 nitrogen and oxygen atoms in total. The highest BCUT2D eigenvalue weighted by Gasteiger charge is 2.21. The molecule has 3 aromatic rings. The molecule has 0 bridgehead atoms. The number of piperazine rings is 1. The summed E-state index contributed by atoms with van der Waals surface area (Å²) < 4.78 is 10.5. The lowest BCUT2D eigenvalue weighted by Crippen LogP contribution is -2.50. The number of benzene rings is 1. The summed E-state index contributed by atoms with van der Waals surface area (Å²) in [6, 6.07) is 15.2. The molecule has 3 heterocycles. The second kappa shape index (κ2) is 10.9. The Morgan fingerprint density at radius 1 is 1.12 bits per heavy atom. The highest BCUT2D eigenvalue weighted by atomic mass is 16.5. The van der Waals surface area contributed by atoms with Crippen LogP contribution in [-0.4, -0.2) is 78.5 Å². The molecule has 174 valence electrons. The number of anilines is 1. The van der Waals surface area contributed by atoms with Crippen LogP contribution < -0.4 is 15.0 Å². The van der Waals surface area contributed by atoms with Gasteiger partial charge >= 0.3 is 6.09 Å². The molecule has 9 heteroatoms. The lowest BCUT2D eigenvalue weighted by atomic mass is 10.2. The van der Waals surface area contributed by atoms with Crippen LogP contribution in [0.25, 0.3) is 11.0 Å². The zero-order chi connectivity index (χ0) is 23.0. The van der Waals surface area contributed by atoms with Crippen molar-refractivity contribution < 1.29 is 19.4 Å². The SMILES string of the molecule is COc1ccc2nccc(N3CCN(C[C@@H](O)CNC(=O)OCc4ccccc4)CC3)c2n1. The standard InChI is InChI=1S/C24H29N5O4/c1-32-22-8-7-20-23(27-22)21(9-10-25-20)29-13-11-28(12-14-29)16-19(30)15-26-24(31)33-17-18-5-3-2-4-6-18/h2-10,19,30H,11-17H2,1H3,(H,26,31)/t19-/m0/s1. The maximum Gasteiger partial charge on any atom is 0.407 e. The van der Waals surface area contributed by atoms with Crippen LogP contribution in [0.3, 0.4) is 0 Å². The number of aliphatic hydroxyl groups excluding tert-OH is 1. The molecular formula is C24H29N5O4. The Bertz CT molecular complexity index is 1060. The Labute approximate surface area is 193 Å². The number of nitrogens with zero attached hydrogens (tertiary/aromatic N) is 4. The molecule has 1 amide bonds. The van der Waals surface area contributed by atoms with Gasteiger partial charge in [0.1, 0.15) is 12.1 Å². The molecule has 1 aliphatic heterocycles. The first kappa shape index (κ1) is 22.8. The van der Waals surface area contributed by atoms with Gasteiger partial charge in [0.25, 0.3) is 0 Å². The summed E-state index contributed by atoms with van der Waals surface area (Å²) >= 11 is 0. The maximum atomic E-state index is 11.9. The molecule has 1 aliphatic rings. The van der Waals surface area contributed by atoms with Crippen LogP contribution in [0.5, 0.6) is 5.88 Å². The lowest BCUT2D eigenvalue weighted by molar-refractivity contribution is 0.0981. The van der Waals surface area contributed by atoms with Crippen molar-refractivity contribution in [1.82, 2.24) is 20.2 Å². The summed E-state index contributed by atoms with van der Waals surface area (Å²) in [4.78, 5) is 25.3. The molecule has 0 radical (unpaired) electrons. The van der Waals surface area contributed by atoms with Gasteiger partial charge in [0.2, 0.25) is 5.88 Å². The van der Waals surface area contributed by atoms with E-state index in [9.17, 15) is 9.90 Å². The first-order valence-electron chi connectivity index (χ1n) is 11.0. The molecule has 2 N–H and O–H groups in total. The van der Waals surface area contributed by atoms with E-state index >= 15 is 0 Å². The molecule has 0 unspecified atom stereocenters. The minimum Gasteiger partial charge on any atom is -0.481 e. The Morgan fingerprint density at radius 3 is 2.67 bits per heavy atom. The summed E-state index contributed by atoms with van der Waals surface area (Å²) in [7, 11) is 1.60. The number of rotatable bonds is 8. The van der Waals surface area contributed by atoms with Crippen LogP contribution in [0.4, 0.5) is 10.5 Å². The first-order chi connectivity index (χ1) is 16.1. The molecule has 1 fully saturated rings. The number of hydrogen-bond acceptors (Lipinski definition) is 8. The second-order valence-corrected chi connectivity index (χ2v) is 7.94. The average molecular weight is 452 g/mol. The van der Waals surface area contributed by atoms with Gasteiger partial charge in [-0.3, -0.25) is 9.88 Å². The molecule has 0 aliphatic carbocycles. The van der Waals surface area contributed by atoms with E-state index in [1.165, 1.54) is 0 Å². The predicted molar refractivity (Wildman–Crippen MR) is 125 cm³/mol. The van der Waals surface area contributed by atoms with Gasteiger partial charge in [-0.15, -0.1) is 0 Å². The number of amides is 1. The Kier molecular flexibility index (Phi) is 7.54. The summed E-state index contributed by atoms with van der Waals surface area (Å²) in [5.41, 5.74) is 3.60. The van der Waals surface area contributed by atoms with Crippen molar-refractivity contribution in [1.29, 1.82) is 0 Å². The van der Waals surface area contributed by atoms with Gasteiger partial charge in [-0.25, -0.2) is 9.78 Å². The number of aromatic nitrogens is 2. The van der Waals surface area contributed by atoms with Crippen molar-refractivity contribution in [3.63, 3.8) is 0 Å². The van der Waals surface area contributed by atoms with Crippen molar-refractivity contribution in [2.45, 2.75) is 12.7 Å². The van der Waals surface area contributed by atoms with Gasteiger partial charge in [0.05, 0.1) is 24.4 Å². The van der Waals surface area contributed by atoms with Crippen LogP contribution >= 0.6 is 0 Å². The van der Waals surface area contributed by atoms with Crippen molar-refractivity contribution in [2.24, 2.45) is 0 Å². The molecule has 0 saturated carbocycles. The third-order valence-electron chi connectivity index (χ3n) is 5.62. The minimum atomic E-state index is -0.673. The van der Waals surface area contributed by atoms with E-state index in [1.807, 2.05) is 48.5 Å². The lowest BCUT2D eigenvalue weighted by Gasteiger charge is -2.37. The summed E-state index contributed by atoms with van der Waals surface area (Å²) in [5.74, 6) is 0.563. The molecule has 1 atom stereocenters. The van der Waals surface area contributed by atoms with E-state index in [0.29, 0.717) is 12.4 Å². The molecule has 0 spiro atoms. The topological polar surface area (TPSA) is 100 Å². The number of ether oxygens (including phenoxy) is 2. The van der Waals surface area contributed by atoms with Crippen LogP contribution in [0, 0.1) is 0 Å². The number of alkyl carbamates (subject to hydrolysis) is 1. The minimum absolute atomic E-state index is 0.145. The molecule has 2 aromatic heterocycles. The molecule has 4 rings (SSSR count). The maximum absolute atomic E-state index is 11.9. The van der Waals surface area contributed by atoms with Gasteiger partial charge in [0.15, 0.2) is 0 Å². The van der Waals surface area contributed by atoms with Crippen LogP contribution in [0.2, 0.25) is 0 Å². The quantitative estimate of drug-likeness (QED) is 0.537. The van der Waals surface area contributed by atoms with Gasteiger partial charge in [-0.05, 0) is 17.7 Å². The van der Waals surface area contributed by atoms with Gasteiger partial charge in [-0.2, -0.15) is 0 Å². The van der Waals surface area contributed by atoms with Crippen LogP contribution in [-0.2, 0) is 11.3 Å². The second-order valence-electron chi connectivity index (χ2n) is 7.94. The fourth-order valence-corrected chi connectivity index (χ4v) is 3.87. The highest BCUT2D eigenvalue weighted by molar-refractivity contribution is 5.88. The summed E-state index contributed by atoms with van der Waals surface area (Å²) in [5, 5.41) is 13.0. The van der Waals surface area contributed by atoms with Crippen molar-refractivity contribution in [3.05, 3.63) is 60.3 Å². The van der Waals surface area contributed by atoms with E-state index in [1.54, 1.807) is 13.3 Å². The third-order valence-corrected chi connectivity index (χ3v) is 5.62. The number of β-amino-alcohol motifs (C(OH)–C–C–N with tert-alkyl or cyclic N) is 1. The Hall–Kier alpha value is -3.43. The van der Waals surface area contributed by atoms with E-state index < -0.39 is 12.2 Å². The van der Waals surface area contributed by atoms with E-state index in [4.69, 9.17) is 9.47 Å². The van der Waals surface area contributed by atoms with Gasteiger partial charge in [0, 0.05) is 51.5 Å². The van der Waals surface area contributed by atoms with E-state index in [-0.39, 0.29) is 13.2 Å². The van der Waals surface area contributed by atoms with E-state index in [0.717, 1.165) is 48.5 Å². The largest absolute Gasteiger partial charge is 0.481 e. The molecule has 1 saturated heterocycles. The average Bonchev–Trinajstić information content (AvgIpc) is 2.86. The Morgan fingerprint density at radius 2 is 1.91 bits per heavy atom. The fourth-order valence-electron chi connectivity index (χ4n) is 3.87. The van der Waals surface area contributed by atoms with Crippen molar-refractivity contribution in [2.75, 3.05) is 51.3 Å².